The molecule has 140 valence electrons. The summed E-state index contributed by atoms with van der Waals surface area (Å²) in [4.78, 5) is 22.8. The Labute approximate surface area is 155 Å². The molecule has 0 radical (unpaired) electrons. The van der Waals surface area contributed by atoms with Gasteiger partial charge < -0.3 is 20.1 Å². The number of nitrogens with one attached hydrogen (secondary N) is 2. The molecule has 2 rings (SSSR count). The molecule has 0 aliphatic heterocycles. The van der Waals surface area contributed by atoms with Gasteiger partial charge in [0.2, 0.25) is 5.91 Å². The van der Waals surface area contributed by atoms with Gasteiger partial charge in [-0.15, -0.1) is 0 Å². The van der Waals surface area contributed by atoms with Gasteiger partial charge in [0.25, 0.3) is 0 Å². The molecular formula is C19H28N6O. The highest BCUT2D eigenvalue weighted by Gasteiger charge is 2.09. The fraction of sp³-hybridized carbons (Fsp3) is 0.421. The van der Waals surface area contributed by atoms with Crippen LogP contribution < -0.4 is 10.6 Å². The van der Waals surface area contributed by atoms with E-state index in [4.69, 9.17) is 0 Å². The highest BCUT2D eigenvalue weighted by molar-refractivity contribution is 5.90. The van der Waals surface area contributed by atoms with Crippen LogP contribution in [-0.2, 0) is 18.4 Å². The quantitative estimate of drug-likeness (QED) is 0.589. The molecule has 0 aromatic carbocycles. The number of aryl methyl sites for hydroxylation is 2. The minimum Gasteiger partial charge on any atom is -0.357 e. The third kappa shape index (κ3) is 5.91. The number of aromatic nitrogens is 2. The first-order chi connectivity index (χ1) is 12.5. The molecule has 0 saturated heterocycles. The lowest BCUT2D eigenvalue weighted by Crippen LogP contribution is -2.39. The molecule has 0 unspecified atom stereocenters. The Bertz CT molecular complexity index is 735. The minimum absolute atomic E-state index is 0.0916. The lowest BCUT2D eigenvalue weighted by Gasteiger charge is -2.22. The van der Waals surface area contributed by atoms with Gasteiger partial charge in [-0.3, -0.25) is 9.79 Å². The SMILES string of the molecule is CCNC(=NCCC(=O)Nc1ccc(C)cn1)N(C)Cc1cccn1C. The van der Waals surface area contributed by atoms with Crippen LogP contribution in [0.4, 0.5) is 5.82 Å². The third-order valence-corrected chi connectivity index (χ3v) is 3.93. The summed E-state index contributed by atoms with van der Waals surface area (Å²) in [6.45, 7) is 5.92. The van der Waals surface area contributed by atoms with Crippen molar-refractivity contribution in [1.29, 1.82) is 0 Å². The van der Waals surface area contributed by atoms with Gasteiger partial charge in [-0.2, -0.15) is 0 Å². The molecule has 0 aliphatic carbocycles. The lowest BCUT2D eigenvalue weighted by molar-refractivity contribution is -0.116. The maximum absolute atomic E-state index is 12.0. The summed E-state index contributed by atoms with van der Waals surface area (Å²) in [6.07, 6.45) is 4.06. The average Bonchev–Trinajstić information content (AvgIpc) is 3.01. The van der Waals surface area contributed by atoms with E-state index in [0.29, 0.717) is 18.8 Å². The van der Waals surface area contributed by atoms with Crippen molar-refractivity contribution in [3.8, 4) is 0 Å². The number of amides is 1. The Balaban J connectivity index is 1.88. The molecule has 2 aromatic rings. The van der Waals surface area contributed by atoms with Crippen molar-refractivity contribution in [3.63, 3.8) is 0 Å². The van der Waals surface area contributed by atoms with Crippen LogP contribution in [-0.4, -0.2) is 46.5 Å². The van der Waals surface area contributed by atoms with Crippen molar-refractivity contribution < 1.29 is 4.79 Å². The largest absolute Gasteiger partial charge is 0.357 e. The van der Waals surface area contributed by atoms with Gasteiger partial charge in [0.1, 0.15) is 5.82 Å². The Morgan fingerprint density at radius 1 is 1.35 bits per heavy atom. The number of hydrogen-bond donors (Lipinski definition) is 2. The number of rotatable bonds is 7. The lowest BCUT2D eigenvalue weighted by atomic mass is 10.3. The molecule has 7 nitrogen and oxygen atoms in total. The van der Waals surface area contributed by atoms with Crippen molar-refractivity contribution in [2.45, 2.75) is 26.8 Å². The first-order valence-corrected chi connectivity index (χ1v) is 8.81. The standard InChI is InChI=1S/C19H28N6O/c1-5-20-19(25(4)14-16-7-6-12-24(16)3)21-11-10-18(26)23-17-9-8-15(2)13-22-17/h6-9,12-13H,5,10-11,14H2,1-4H3,(H,20,21)(H,22,23,26). The Morgan fingerprint density at radius 2 is 2.15 bits per heavy atom. The molecule has 0 spiro atoms. The van der Waals surface area contributed by atoms with E-state index in [0.717, 1.165) is 24.6 Å². The number of guanidine groups is 1. The zero-order valence-electron chi connectivity index (χ0n) is 16.0. The van der Waals surface area contributed by atoms with Crippen LogP contribution in [0.25, 0.3) is 0 Å². The summed E-state index contributed by atoms with van der Waals surface area (Å²) < 4.78 is 2.09. The van der Waals surface area contributed by atoms with E-state index in [1.807, 2.05) is 46.3 Å². The van der Waals surface area contributed by atoms with Crippen molar-refractivity contribution in [2.75, 3.05) is 25.5 Å². The van der Waals surface area contributed by atoms with Crippen LogP contribution in [0.15, 0.2) is 41.7 Å². The van der Waals surface area contributed by atoms with Crippen molar-refractivity contribution in [3.05, 3.63) is 47.9 Å². The number of nitrogens with zero attached hydrogens (tertiary/aromatic N) is 4. The van der Waals surface area contributed by atoms with Crippen molar-refractivity contribution >= 4 is 17.7 Å². The molecule has 2 heterocycles. The number of pyridine rings is 1. The summed E-state index contributed by atoms with van der Waals surface area (Å²) in [5.41, 5.74) is 2.26. The number of hydrogen-bond acceptors (Lipinski definition) is 3. The van der Waals surface area contributed by atoms with Crippen LogP contribution in [0.5, 0.6) is 0 Å². The number of aliphatic imine (C=N–C) groups is 1. The second-order valence-electron chi connectivity index (χ2n) is 6.22. The second kappa shape index (κ2) is 9.60. The summed E-state index contributed by atoms with van der Waals surface area (Å²) >= 11 is 0. The topological polar surface area (TPSA) is 74.5 Å². The number of carbonyl (C=O) groups excluding carboxylic acids is 1. The maximum atomic E-state index is 12.0. The average molecular weight is 356 g/mol. The van der Waals surface area contributed by atoms with Gasteiger partial charge in [0.15, 0.2) is 5.96 Å². The van der Waals surface area contributed by atoms with E-state index in [9.17, 15) is 4.79 Å². The van der Waals surface area contributed by atoms with Crippen LogP contribution in [0.1, 0.15) is 24.6 Å². The molecule has 0 saturated carbocycles. The predicted octanol–water partition coefficient (Wildman–Crippen LogP) is 2.15. The van der Waals surface area contributed by atoms with Crippen molar-refractivity contribution in [2.24, 2.45) is 12.0 Å². The molecular weight excluding hydrogens is 328 g/mol. The molecule has 1 amide bonds. The van der Waals surface area contributed by atoms with Gasteiger partial charge in [0.05, 0.1) is 13.1 Å². The van der Waals surface area contributed by atoms with E-state index in [1.165, 1.54) is 5.69 Å². The van der Waals surface area contributed by atoms with E-state index in [-0.39, 0.29) is 5.91 Å². The minimum atomic E-state index is -0.0916. The number of carbonyl (C=O) groups is 1. The zero-order chi connectivity index (χ0) is 18.9. The van der Waals surface area contributed by atoms with Gasteiger partial charge in [-0.25, -0.2) is 4.98 Å². The molecule has 0 aliphatic rings. The molecule has 26 heavy (non-hydrogen) atoms. The van der Waals surface area contributed by atoms with Gasteiger partial charge >= 0.3 is 0 Å². The molecule has 2 N–H and O–H groups in total. The summed E-state index contributed by atoms with van der Waals surface area (Å²) in [7, 11) is 4.02. The molecule has 0 bridgehead atoms. The van der Waals surface area contributed by atoms with E-state index in [2.05, 4.69) is 36.1 Å². The van der Waals surface area contributed by atoms with Crippen LogP contribution >= 0.6 is 0 Å². The predicted molar refractivity (Wildman–Crippen MR) is 105 cm³/mol. The van der Waals surface area contributed by atoms with Gasteiger partial charge in [0, 0.05) is 45.1 Å². The van der Waals surface area contributed by atoms with Crippen LogP contribution in [0.3, 0.4) is 0 Å². The van der Waals surface area contributed by atoms with Gasteiger partial charge in [-0.1, -0.05) is 6.07 Å². The summed E-state index contributed by atoms with van der Waals surface area (Å²) in [5.74, 6) is 1.26. The highest BCUT2D eigenvalue weighted by Crippen LogP contribution is 2.05. The normalized spacial score (nSPS) is 11.3. The fourth-order valence-corrected chi connectivity index (χ4v) is 2.46. The summed E-state index contributed by atoms with van der Waals surface area (Å²) in [6, 6.07) is 7.83. The highest BCUT2D eigenvalue weighted by atomic mass is 16.1. The molecule has 2 aromatic heterocycles. The van der Waals surface area contributed by atoms with E-state index >= 15 is 0 Å². The van der Waals surface area contributed by atoms with Crippen LogP contribution in [0, 0.1) is 6.92 Å². The molecule has 0 fully saturated rings. The third-order valence-electron chi connectivity index (χ3n) is 3.93. The summed E-state index contributed by atoms with van der Waals surface area (Å²) in [5, 5.41) is 6.06. The monoisotopic (exact) mass is 356 g/mol. The van der Waals surface area contributed by atoms with E-state index < -0.39 is 0 Å². The van der Waals surface area contributed by atoms with Crippen LogP contribution in [0.2, 0.25) is 0 Å². The molecule has 0 atom stereocenters. The smallest absolute Gasteiger partial charge is 0.227 e. The first-order valence-electron chi connectivity index (χ1n) is 8.81. The Morgan fingerprint density at radius 3 is 2.77 bits per heavy atom. The van der Waals surface area contributed by atoms with Crippen molar-refractivity contribution in [1.82, 2.24) is 19.8 Å². The Kier molecular flexibility index (Phi) is 7.20. The number of anilines is 1. The first kappa shape index (κ1) is 19.5. The van der Waals surface area contributed by atoms with E-state index in [1.54, 1.807) is 12.3 Å². The second-order valence-corrected chi connectivity index (χ2v) is 6.22. The molecule has 7 heteroatoms. The Hall–Kier alpha value is -2.83. The fourth-order valence-electron chi connectivity index (χ4n) is 2.46. The zero-order valence-corrected chi connectivity index (χ0v) is 16.0. The maximum Gasteiger partial charge on any atom is 0.227 e. The van der Waals surface area contributed by atoms with Gasteiger partial charge in [-0.05, 0) is 37.6 Å².